The fourth-order valence-electron chi connectivity index (χ4n) is 2.75. The molecule has 0 spiro atoms. The SMILES string of the molecule is Cc1c(C[C@@H]2C[C@H]2C2CC2)nn(C)c1N. The first kappa shape index (κ1) is 9.25. The summed E-state index contributed by atoms with van der Waals surface area (Å²) in [6, 6.07) is 0. The number of nitrogen functional groups attached to an aromatic ring is 1. The third-order valence-electron chi connectivity index (χ3n) is 4.10. The molecular formula is C12H19N3. The topological polar surface area (TPSA) is 43.8 Å². The van der Waals surface area contributed by atoms with E-state index >= 15 is 0 Å². The van der Waals surface area contributed by atoms with E-state index in [2.05, 4.69) is 12.0 Å². The number of nitrogens with two attached hydrogens (primary N) is 1. The largest absolute Gasteiger partial charge is 0.384 e. The summed E-state index contributed by atoms with van der Waals surface area (Å²) in [5.41, 5.74) is 8.32. The third kappa shape index (κ3) is 1.54. The van der Waals surface area contributed by atoms with Crippen molar-refractivity contribution < 1.29 is 0 Å². The molecule has 0 bridgehead atoms. The molecular weight excluding hydrogens is 186 g/mol. The van der Waals surface area contributed by atoms with Gasteiger partial charge in [-0.1, -0.05) is 0 Å². The Morgan fingerprint density at radius 3 is 2.73 bits per heavy atom. The molecule has 1 aromatic heterocycles. The van der Waals surface area contributed by atoms with E-state index in [1.807, 2.05) is 7.05 Å². The van der Waals surface area contributed by atoms with E-state index in [4.69, 9.17) is 5.73 Å². The summed E-state index contributed by atoms with van der Waals surface area (Å²) in [4.78, 5) is 0. The minimum atomic E-state index is 0.827. The van der Waals surface area contributed by atoms with E-state index in [1.165, 1.54) is 30.5 Å². The van der Waals surface area contributed by atoms with Gasteiger partial charge in [0.05, 0.1) is 5.69 Å². The molecule has 2 N–H and O–H groups in total. The van der Waals surface area contributed by atoms with Crippen molar-refractivity contribution in [2.75, 3.05) is 5.73 Å². The maximum absolute atomic E-state index is 5.91. The Hall–Kier alpha value is -0.990. The molecule has 0 saturated heterocycles. The molecule has 0 aromatic carbocycles. The molecule has 1 aromatic rings. The molecule has 0 amide bonds. The number of rotatable bonds is 3. The molecule has 2 saturated carbocycles. The molecule has 2 aliphatic rings. The molecule has 0 radical (unpaired) electrons. The maximum atomic E-state index is 5.91. The van der Waals surface area contributed by atoms with Crippen LogP contribution in [0.15, 0.2) is 0 Å². The molecule has 3 heteroatoms. The molecule has 2 aliphatic carbocycles. The fraction of sp³-hybridized carbons (Fsp3) is 0.750. The zero-order valence-electron chi connectivity index (χ0n) is 9.53. The number of hydrogen-bond donors (Lipinski definition) is 1. The maximum Gasteiger partial charge on any atom is 0.124 e. The second-order valence-electron chi connectivity index (χ2n) is 5.28. The van der Waals surface area contributed by atoms with Crippen molar-refractivity contribution in [1.82, 2.24) is 9.78 Å². The van der Waals surface area contributed by atoms with Gasteiger partial charge in [0.25, 0.3) is 0 Å². The van der Waals surface area contributed by atoms with Crippen LogP contribution >= 0.6 is 0 Å². The van der Waals surface area contributed by atoms with Crippen molar-refractivity contribution in [2.24, 2.45) is 24.8 Å². The van der Waals surface area contributed by atoms with Crippen molar-refractivity contribution in [2.45, 2.75) is 32.6 Å². The smallest absolute Gasteiger partial charge is 0.124 e. The van der Waals surface area contributed by atoms with Crippen molar-refractivity contribution >= 4 is 5.82 Å². The van der Waals surface area contributed by atoms with Crippen LogP contribution in [0.5, 0.6) is 0 Å². The van der Waals surface area contributed by atoms with Gasteiger partial charge in [-0.2, -0.15) is 5.10 Å². The average molecular weight is 205 g/mol. The van der Waals surface area contributed by atoms with Gasteiger partial charge in [-0.15, -0.1) is 0 Å². The Morgan fingerprint density at radius 2 is 2.20 bits per heavy atom. The van der Waals surface area contributed by atoms with Crippen molar-refractivity contribution in [3.05, 3.63) is 11.3 Å². The molecule has 2 fully saturated rings. The summed E-state index contributed by atoms with van der Waals surface area (Å²) in [6.07, 6.45) is 5.54. The van der Waals surface area contributed by atoms with Gasteiger partial charge in [-0.05, 0) is 50.4 Å². The minimum absolute atomic E-state index is 0.827. The van der Waals surface area contributed by atoms with Gasteiger partial charge < -0.3 is 5.73 Å². The highest BCUT2D eigenvalue weighted by Gasteiger charge is 2.47. The zero-order chi connectivity index (χ0) is 10.6. The fourth-order valence-corrected chi connectivity index (χ4v) is 2.75. The monoisotopic (exact) mass is 205 g/mol. The number of nitrogens with zero attached hydrogens (tertiary/aromatic N) is 2. The quantitative estimate of drug-likeness (QED) is 0.819. The lowest BCUT2D eigenvalue weighted by atomic mass is 10.1. The Balaban J connectivity index is 1.69. The van der Waals surface area contributed by atoms with Crippen LogP contribution in [-0.4, -0.2) is 9.78 Å². The van der Waals surface area contributed by atoms with Crippen LogP contribution in [0.2, 0.25) is 0 Å². The molecule has 3 rings (SSSR count). The van der Waals surface area contributed by atoms with Crippen LogP contribution < -0.4 is 5.73 Å². The zero-order valence-corrected chi connectivity index (χ0v) is 9.53. The van der Waals surface area contributed by atoms with Gasteiger partial charge in [-0.3, -0.25) is 4.68 Å². The molecule has 82 valence electrons. The van der Waals surface area contributed by atoms with Gasteiger partial charge in [0.1, 0.15) is 5.82 Å². The Labute approximate surface area is 90.7 Å². The lowest BCUT2D eigenvalue weighted by molar-refractivity contribution is 0.613. The lowest BCUT2D eigenvalue weighted by Gasteiger charge is -1.97. The highest BCUT2D eigenvalue weighted by Crippen LogP contribution is 2.55. The van der Waals surface area contributed by atoms with Crippen molar-refractivity contribution in [3.63, 3.8) is 0 Å². The molecule has 15 heavy (non-hydrogen) atoms. The summed E-state index contributed by atoms with van der Waals surface area (Å²) < 4.78 is 1.80. The summed E-state index contributed by atoms with van der Waals surface area (Å²) in [5, 5.41) is 4.50. The van der Waals surface area contributed by atoms with Crippen LogP contribution in [0.25, 0.3) is 0 Å². The summed E-state index contributed by atoms with van der Waals surface area (Å²) >= 11 is 0. The predicted molar refractivity (Wildman–Crippen MR) is 60.4 cm³/mol. The van der Waals surface area contributed by atoms with E-state index < -0.39 is 0 Å². The average Bonchev–Trinajstić information content (AvgIpc) is 3.04. The number of aromatic nitrogens is 2. The first-order valence-corrected chi connectivity index (χ1v) is 5.94. The Bertz CT molecular complexity index is 390. The molecule has 1 heterocycles. The Morgan fingerprint density at radius 1 is 1.47 bits per heavy atom. The van der Waals surface area contributed by atoms with Gasteiger partial charge in [-0.25, -0.2) is 0 Å². The first-order chi connectivity index (χ1) is 7.16. The second-order valence-corrected chi connectivity index (χ2v) is 5.28. The van der Waals surface area contributed by atoms with Gasteiger partial charge in [0.15, 0.2) is 0 Å². The van der Waals surface area contributed by atoms with Crippen LogP contribution in [0.1, 0.15) is 30.5 Å². The minimum Gasteiger partial charge on any atom is -0.384 e. The lowest BCUT2D eigenvalue weighted by Crippen LogP contribution is -1.98. The van der Waals surface area contributed by atoms with Gasteiger partial charge in [0.2, 0.25) is 0 Å². The predicted octanol–water partition coefficient (Wildman–Crippen LogP) is 1.90. The van der Waals surface area contributed by atoms with Crippen LogP contribution in [0.3, 0.4) is 0 Å². The number of aryl methyl sites for hydroxylation is 1. The van der Waals surface area contributed by atoms with Crippen LogP contribution in [0.4, 0.5) is 5.82 Å². The summed E-state index contributed by atoms with van der Waals surface area (Å²) in [5.74, 6) is 3.82. The Kier molecular flexibility index (Phi) is 1.85. The summed E-state index contributed by atoms with van der Waals surface area (Å²) in [7, 11) is 1.93. The molecule has 0 aliphatic heterocycles. The highest BCUT2D eigenvalue weighted by atomic mass is 15.3. The number of anilines is 1. The van der Waals surface area contributed by atoms with E-state index in [0.29, 0.717) is 0 Å². The number of hydrogen-bond acceptors (Lipinski definition) is 2. The third-order valence-corrected chi connectivity index (χ3v) is 4.10. The first-order valence-electron chi connectivity index (χ1n) is 5.94. The second kappa shape index (κ2) is 3.00. The molecule has 3 nitrogen and oxygen atoms in total. The van der Waals surface area contributed by atoms with E-state index in [1.54, 1.807) is 4.68 Å². The normalized spacial score (nSPS) is 29.5. The highest BCUT2D eigenvalue weighted by molar-refractivity contribution is 5.42. The van der Waals surface area contributed by atoms with Crippen LogP contribution in [0, 0.1) is 24.7 Å². The van der Waals surface area contributed by atoms with Crippen LogP contribution in [-0.2, 0) is 13.5 Å². The van der Waals surface area contributed by atoms with Gasteiger partial charge >= 0.3 is 0 Å². The molecule has 0 unspecified atom stereocenters. The molecule has 2 atom stereocenters. The van der Waals surface area contributed by atoms with E-state index in [9.17, 15) is 0 Å². The van der Waals surface area contributed by atoms with Gasteiger partial charge in [0, 0.05) is 12.6 Å². The van der Waals surface area contributed by atoms with Crippen molar-refractivity contribution in [1.29, 1.82) is 0 Å². The van der Waals surface area contributed by atoms with E-state index in [0.717, 1.165) is 30.0 Å². The summed E-state index contributed by atoms with van der Waals surface area (Å²) in [6.45, 7) is 2.09. The standard InChI is InChI=1S/C12H19N3/c1-7-11(14-15(2)12(7)13)6-9-5-10(9)8-3-4-8/h8-10H,3-6,13H2,1-2H3/t9-,10-/m0/s1. The van der Waals surface area contributed by atoms with E-state index in [-0.39, 0.29) is 0 Å². The van der Waals surface area contributed by atoms with Crippen molar-refractivity contribution in [3.8, 4) is 0 Å².